The predicted octanol–water partition coefficient (Wildman–Crippen LogP) is 1.86. The lowest BCUT2D eigenvalue weighted by atomic mass is 10.1. The first-order valence-corrected chi connectivity index (χ1v) is 3.66. The molecular formula is C9H10O2. The Hall–Kier alpha value is -1.02. The molecule has 0 aliphatic carbocycles. The number of hydrogen-bond acceptors (Lipinski definition) is 2. The quantitative estimate of drug-likeness (QED) is 0.562. The molecule has 0 unspecified atom stereocenters. The summed E-state index contributed by atoms with van der Waals surface area (Å²) in [5.41, 5.74) is 2.40. The third-order valence-electron chi connectivity index (χ3n) is 1.77. The Kier molecular flexibility index (Phi) is 1.55. The molecule has 58 valence electrons. The highest BCUT2D eigenvalue weighted by molar-refractivity contribution is 5.36. The first kappa shape index (κ1) is 6.68. The second-order valence-electron chi connectivity index (χ2n) is 2.72. The summed E-state index contributed by atoms with van der Waals surface area (Å²) in [5, 5.41) is 0. The van der Waals surface area contributed by atoms with Crippen LogP contribution in [-0.4, -0.2) is 6.79 Å². The summed E-state index contributed by atoms with van der Waals surface area (Å²) in [6.07, 6.45) is 0. The molecule has 11 heavy (non-hydrogen) atoms. The maximum atomic E-state index is 5.26. The van der Waals surface area contributed by atoms with E-state index >= 15 is 0 Å². The molecule has 1 aromatic carbocycles. The Morgan fingerprint density at radius 3 is 3.18 bits per heavy atom. The van der Waals surface area contributed by atoms with Crippen LogP contribution in [0.2, 0.25) is 0 Å². The van der Waals surface area contributed by atoms with Crippen LogP contribution in [-0.2, 0) is 11.3 Å². The zero-order valence-corrected chi connectivity index (χ0v) is 6.46. The van der Waals surface area contributed by atoms with E-state index < -0.39 is 0 Å². The maximum absolute atomic E-state index is 5.26. The van der Waals surface area contributed by atoms with E-state index in [2.05, 4.69) is 13.0 Å². The normalized spacial score (nSPS) is 15.4. The number of hydrogen-bond donors (Lipinski definition) is 0. The summed E-state index contributed by atoms with van der Waals surface area (Å²) in [6, 6.07) is 6.13. The van der Waals surface area contributed by atoms with Crippen molar-refractivity contribution in [2.45, 2.75) is 13.5 Å². The van der Waals surface area contributed by atoms with Crippen LogP contribution in [0.25, 0.3) is 0 Å². The second-order valence-corrected chi connectivity index (χ2v) is 2.72. The molecule has 1 heterocycles. The van der Waals surface area contributed by atoms with E-state index in [0.29, 0.717) is 13.4 Å². The molecule has 2 heteroatoms. The molecule has 0 radical (unpaired) electrons. The first-order chi connectivity index (χ1) is 5.36. The molecule has 0 atom stereocenters. The summed E-state index contributed by atoms with van der Waals surface area (Å²) < 4.78 is 10.4. The minimum Gasteiger partial charge on any atom is -0.467 e. The van der Waals surface area contributed by atoms with Gasteiger partial charge in [-0.1, -0.05) is 17.7 Å². The third-order valence-corrected chi connectivity index (χ3v) is 1.77. The van der Waals surface area contributed by atoms with Crippen LogP contribution in [0.1, 0.15) is 11.1 Å². The second kappa shape index (κ2) is 2.55. The van der Waals surface area contributed by atoms with E-state index in [1.165, 1.54) is 5.56 Å². The van der Waals surface area contributed by atoms with Crippen molar-refractivity contribution >= 4 is 0 Å². The molecule has 1 aromatic rings. The minimum atomic E-state index is 0.385. The molecule has 2 rings (SSSR count). The summed E-state index contributed by atoms with van der Waals surface area (Å²) in [5.74, 6) is 0.960. The topological polar surface area (TPSA) is 18.5 Å². The third kappa shape index (κ3) is 1.21. The molecular weight excluding hydrogens is 140 g/mol. The highest BCUT2D eigenvalue weighted by Crippen LogP contribution is 2.23. The number of aryl methyl sites for hydroxylation is 1. The molecule has 0 bridgehead atoms. The fraction of sp³-hybridized carbons (Fsp3) is 0.333. The predicted molar refractivity (Wildman–Crippen MR) is 41.5 cm³/mol. The van der Waals surface area contributed by atoms with Gasteiger partial charge < -0.3 is 9.47 Å². The largest absolute Gasteiger partial charge is 0.467 e. The molecule has 0 amide bonds. The smallest absolute Gasteiger partial charge is 0.189 e. The van der Waals surface area contributed by atoms with Gasteiger partial charge in [0, 0.05) is 5.56 Å². The molecule has 0 fully saturated rings. The SMILES string of the molecule is Cc1ccc2c(c1)COCO2. The van der Waals surface area contributed by atoms with Crippen LogP contribution >= 0.6 is 0 Å². The van der Waals surface area contributed by atoms with E-state index in [-0.39, 0.29) is 0 Å². The lowest BCUT2D eigenvalue weighted by molar-refractivity contribution is -0.0164. The average Bonchev–Trinajstić information content (AvgIpc) is 2.04. The number of rotatable bonds is 0. The molecule has 0 spiro atoms. The van der Waals surface area contributed by atoms with E-state index in [0.717, 1.165) is 11.3 Å². The summed E-state index contributed by atoms with van der Waals surface area (Å²) in [7, 11) is 0. The average molecular weight is 150 g/mol. The van der Waals surface area contributed by atoms with Gasteiger partial charge in [0.1, 0.15) is 5.75 Å². The Bertz CT molecular complexity index is 268. The lowest BCUT2D eigenvalue weighted by Crippen LogP contribution is -2.10. The lowest BCUT2D eigenvalue weighted by Gasteiger charge is -2.17. The summed E-state index contributed by atoms with van der Waals surface area (Å²) >= 11 is 0. The van der Waals surface area contributed by atoms with E-state index in [1.807, 2.05) is 12.1 Å². The van der Waals surface area contributed by atoms with E-state index in [4.69, 9.17) is 9.47 Å². The van der Waals surface area contributed by atoms with E-state index in [1.54, 1.807) is 0 Å². The van der Waals surface area contributed by atoms with Gasteiger partial charge in [0.05, 0.1) is 6.61 Å². The highest BCUT2D eigenvalue weighted by Gasteiger charge is 2.08. The number of ether oxygens (including phenoxy) is 2. The van der Waals surface area contributed by atoms with Gasteiger partial charge in [-0.25, -0.2) is 0 Å². The van der Waals surface area contributed by atoms with Gasteiger partial charge in [-0.05, 0) is 13.0 Å². The Balaban J connectivity index is 2.43. The van der Waals surface area contributed by atoms with Crippen molar-refractivity contribution in [3.8, 4) is 5.75 Å². The fourth-order valence-corrected chi connectivity index (χ4v) is 1.22. The summed E-state index contributed by atoms with van der Waals surface area (Å²) in [6.45, 7) is 3.13. The van der Waals surface area contributed by atoms with Gasteiger partial charge >= 0.3 is 0 Å². The molecule has 0 N–H and O–H groups in total. The van der Waals surface area contributed by atoms with Crippen molar-refractivity contribution in [1.29, 1.82) is 0 Å². The van der Waals surface area contributed by atoms with Gasteiger partial charge in [0.25, 0.3) is 0 Å². The zero-order valence-electron chi connectivity index (χ0n) is 6.46. The van der Waals surface area contributed by atoms with Crippen LogP contribution in [0.15, 0.2) is 18.2 Å². The standard InChI is InChI=1S/C9H10O2/c1-7-2-3-9-8(4-7)5-10-6-11-9/h2-4H,5-6H2,1H3. The van der Waals surface area contributed by atoms with Crippen LogP contribution in [0.4, 0.5) is 0 Å². The summed E-state index contributed by atoms with van der Waals surface area (Å²) in [4.78, 5) is 0. The monoisotopic (exact) mass is 150 g/mol. The Morgan fingerprint density at radius 2 is 2.27 bits per heavy atom. The van der Waals surface area contributed by atoms with Gasteiger partial charge in [0.2, 0.25) is 0 Å². The Labute approximate surface area is 65.7 Å². The van der Waals surface area contributed by atoms with Crippen molar-refractivity contribution in [3.63, 3.8) is 0 Å². The van der Waals surface area contributed by atoms with Crippen LogP contribution in [0, 0.1) is 6.92 Å². The molecule has 0 saturated heterocycles. The number of fused-ring (bicyclic) bond motifs is 1. The van der Waals surface area contributed by atoms with Crippen LogP contribution < -0.4 is 4.74 Å². The molecule has 0 aromatic heterocycles. The van der Waals surface area contributed by atoms with E-state index in [9.17, 15) is 0 Å². The van der Waals surface area contributed by atoms with Crippen molar-refractivity contribution in [2.75, 3.05) is 6.79 Å². The van der Waals surface area contributed by atoms with Crippen molar-refractivity contribution in [1.82, 2.24) is 0 Å². The molecule has 1 aliphatic heterocycles. The highest BCUT2D eigenvalue weighted by atomic mass is 16.7. The van der Waals surface area contributed by atoms with Crippen LogP contribution in [0.3, 0.4) is 0 Å². The van der Waals surface area contributed by atoms with Gasteiger partial charge in [0.15, 0.2) is 6.79 Å². The maximum Gasteiger partial charge on any atom is 0.189 e. The van der Waals surface area contributed by atoms with Gasteiger partial charge in [-0.15, -0.1) is 0 Å². The minimum absolute atomic E-state index is 0.385. The molecule has 2 nitrogen and oxygen atoms in total. The van der Waals surface area contributed by atoms with Crippen molar-refractivity contribution < 1.29 is 9.47 Å². The van der Waals surface area contributed by atoms with Gasteiger partial charge in [-0.2, -0.15) is 0 Å². The molecule has 0 saturated carbocycles. The zero-order chi connectivity index (χ0) is 7.68. The van der Waals surface area contributed by atoms with Crippen LogP contribution in [0.5, 0.6) is 5.75 Å². The fourth-order valence-electron chi connectivity index (χ4n) is 1.22. The van der Waals surface area contributed by atoms with Crippen molar-refractivity contribution in [3.05, 3.63) is 29.3 Å². The first-order valence-electron chi connectivity index (χ1n) is 3.66. The van der Waals surface area contributed by atoms with Gasteiger partial charge in [-0.3, -0.25) is 0 Å². The Morgan fingerprint density at radius 1 is 1.36 bits per heavy atom. The van der Waals surface area contributed by atoms with Crippen molar-refractivity contribution in [2.24, 2.45) is 0 Å². The number of benzene rings is 1. The molecule has 1 aliphatic rings.